The fourth-order valence-electron chi connectivity index (χ4n) is 0.514. The summed E-state index contributed by atoms with van der Waals surface area (Å²) >= 11 is 3.22. The first-order chi connectivity index (χ1) is 4.35. The lowest BCUT2D eigenvalue weighted by atomic mass is 10.5. The molecule has 0 aromatic carbocycles. The average Bonchev–Trinajstić information content (AvgIpc) is 1.88. The van der Waals surface area contributed by atoms with Crippen LogP contribution in [0.3, 0.4) is 0 Å². The second-order valence-electron chi connectivity index (χ2n) is 1.68. The Morgan fingerprint density at radius 1 is 1.11 bits per heavy atom. The molecule has 0 radical (unpaired) electrons. The maximum atomic E-state index is 8.45. The highest BCUT2D eigenvalue weighted by Gasteiger charge is 1.98. The molecule has 0 heterocycles. The standard InChI is InChI=1S/C5H12BrNO2/c6-5-7(1-3-8)2-4-9/h8-9H,1-5H2. The van der Waals surface area contributed by atoms with Crippen molar-refractivity contribution in [3.63, 3.8) is 0 Å². The minimum absolute atomic E-state index is 0.144. The predicted octanol–water partition coefficient (Wildman–Crippen LogP) is -0.375. The molecule has 0 bridgehead atoms. The van der Waals surface area contributed by atoms with Gasteiger partial charge in [0.2, 0.25) is 0 Å². The highest BCUT2D eigenvalue weighted by atomic mass is 79.9. The molecular weight excluding hydrogens is 186 g/mol. The van der Waals surface area contributed by atoms with E-state index in [1.165, 1.54) is 0 Å². The molecule has 0 fully saturated rings. The van der Waals surface area contributed by atoms with Crippen LogP contribution in [0.15, 0.2) is 0 Å². The minimum atomic E-state index is 0.144. The Morgan fingerprint density at radius 2 is 1.56 bits per heavy atom. The maximum Gasteiger partial charge on any atom is 0.0558 e. The van der Waals surface area contributed by atoms with Gasteiger partial charge in [0.25, 0.3) is 0 Å². The zero-order valence-corrected chi connectivity index (χ0v) is 6.84. The quantitative estimate of drug-likeness (QED) is 0.467. The largest absolute Gasteiger partial charge is 0.395 e. The van der Waals surface area contributed by atoms with Gasteiger partial charge in [-0.15, -0.1) is 0 Å². The number of rotatable bonds is 5. The Kier molecular flexibility index (Phi) is 6.74. The van der Waals surface area contributed by atoms with E-state index in [4.69, 9.17) is 10.2 Å². The van der Waals surface area contributed by atoms with Crippen LogP contribution in [-0.4, -0.2) is 46.9 Å². The Labute approximate surface area is 63.4 Å². The van der Waals surface area contributed by atoms with E-state index in [0.717, 1.165) is 0 Å². The van der Waals surface area contributed by atoms with Crippen LogP contribution in [0, 0.1) is 0 Å². The first kappa shape index (κ1) is 9.36. The van der Waals surface area contributed by atoms with Gasteiger partial charge in [-0.3, -0.25) is 4.90 Å². The summed E-state index contributed by atoms with van der Waals surface area (Å²) < 4.78 is 0. The molecule has 0 unspecified atom stereocenters. The summed E-state index contributed by atoms with van der Waals surface area (Å²) in [5.41, 5.74) is 0.703. The molecule has 0 spiro atoms. The predicted molar refractivity (Wildman–Crippen MR) is 39.5 cm³/mol. The van der Waals surface area contributed by atoms with Crippen molar-refractivity contribution in [3.8, 4) is 0 Å². The molecule has 0 aromatic heterocycles. The topological polar surface area (TPSA) is 43.7 Å². The summed E-state index contributed by atoms with van der Waals surface area (Å²) in [4.78, 5) is 1.90. The molecule has 0 aliphatic heterocycles. The molecule has 0 aliphatic rings. The van der Waals surface area contributed by atoms with Crippen LogP contribution in [0.2, 0.25) is 0 Å². The number of nitrogens with zero attached hydrogens (tertiary/aromatic N) is 1. The van der Waals surface area contributed by atoms with Gasteiger partial charge in [0.05, 0.1) is 18.7 Å². The summed E-state index contributed by atoms with van der Waals surface area (Å²) in [5.74, 6) is 0. The smallest absolute Gasteiger partial charge is 0.0558 e. The van der Waals surface area contributed by atoms with Crippen molar-refractivity contribution >= 4 is 15.9 Å². The van der Waals surface area contributed by atoms with Crippen molar-refractivity contribution in [2.75, 3.05) is 31.8 Å². The highest BCUT2D eigenvalue weighted by molar-refractivity contribution is 9.09. The van der Waals surface area contributed by atoms with Crippen molar-refractivity contribution < 1.29 is 10.2 Å². The number of hydrogen-bond acceptors (Lipinski definition) is 3. The van der Waals surface area contributed by atoms with Crippen molar-refractivity contribution in [3.05, 3.63) is 0 Å². The lowest BCUT2D eigenvalue weighted by Crippen LogP contribution is -2.28. The van der Waals surface area contributed by atoms with Crippen LogP contribution in [0.5, 0.6) is 0 Å². The second-order valence-corrected chi connectivity index (χ2v) is 2.19. The van der Waals surface area contributed by atoms with Crippen LogP contribution in [0.1, 0.15) is 0 Å². The molecule has 2 N–H and O–H groups in total. The molecule has 9 heavy (non-hydrogen) atoms. The van der Waals surface area contributed by atoms with E-state index in [9.17, 15) is 0 Å². The van der Waals surface area contributed by atoms with Gasteiger partial charge < -0.3 is 10.2 Å². The number of hydrogen-bond donors (Lipinski definition) is 2. The molecule has 56 valence electrons. The summed E-state index contributed by atoms with van der Waals surface area (Å²) in [5, 5.41) is 16.9. The Morgan fingerprint density at radius 3 is 1.78 bits per heavy atom. The fourth-order valence-corrected chi connectivity index (χ4v) is 1.02. The third-order valence-corrected chi connectivity index (χ3v) is 1.71. The first-order valence-electron chi connectivity index (χ1n) is 2.85. The first-order valence-corrected chi connectivity index (χ1v) is 3.97. The SMILES string of the molecule is OCCN(CBr)CCO. The molecule has 0 aromatic rings. The number of aliphatic hydroxyl groups excluding tert-OH is 2. The second kappa shape index (κ2) is 6.48. The molecule has 0 saturated carbocycles. The summed E-state index contributed by atoms with van der Waals surface area (Å²) in [6.07, 6.45) is 0. The summed E-state index contributed by atoms with van der Waals surface area (Å²) in [6, 6.07) is 0. The van der Waals surface area contributed by atoms with Crippen molar-refractivity contribution in [1.82, 2.24) is 4.90 Å². The number of halogens is 1. The van der Waals surface area contributed by atoms with Crippen molar-refractivity contribution in [2.45, 2.75) is 0 Å². The van der Waals surface area contributed by atoms with Gasteiger partial charge >= 0.3 is 0 Å². The van der Waals surface area contributed by atoms with Crippen LogP contribution < -0.4 is 0 Å². The van der Waals surface area contributed by atoms with Crippen LogP contribution >= 0.6 is 15.9 Å². The Balaban J connectivity index is 3.18. The zero-order valence-electron chi connectivity index (χ0n) is 5.26. The number of alkyl halides is 1. The van der Waals surface area contributed by atoms with Crippen molar-refractivity contribution in [2.24, 2.45) is 0 Å². The van der Waals surface area contributed by atoms with E-state index >= 15 is 0 Å². The van der Waals surface area contributed by atoms with E-state index in [2.05, 4.69) is 15.9 Å². The molecule has 3 nitrogen and oxygen atoms in total. The maximum absolute atomic E-state index is 8.45. The summed E-state index contributed by atoms with van der Waals surface area (Å²) in [7, 11) is 0. The van der Waals surface area contributed by atoms with Gasteiger partial charge in [0, 0.05) is 13.1 Å². The van der Waals surface area contributed by atoms with E-state index < -0.39 is 0 Å². The number of aliphatic hydroxyl groups is 2. The third-order valence-electron chi connectivity index (χ3n) is 1.00. The molecule has 4 heteroatoms. The molecular formula is C5H12BrNO2. The average molecular weight is 198 g/mol. The monoisotopic (exact) mass is 197 g/mol. The van der Waals surface area contributed by atoms with Crippen LogP contribution in [-0.2, 0) is 0 Å². The van der Waals surface area contributed by atoms with Crippen LogP contribution in [0.4, 0.5) is 0 Å². The van der Waals surface area contributed by atoms with E-state index in [-0.39, 0.29) is 13.2 Å². The Bertz CT molecular complexity index is 56.9. The lowest BCUT2D eigenvalue weighted by molar-refractivity contribution is 0.180. The van der Waals surface area contributed by atoms with E-state index in [1.54, 1.807) is 0 Å². The third kappa shape index (κ3) is 4.84. The fraction of sp³-hybridized carbons (Fsp3) is 1.00. The van der Waals surface area contributed by atoms with E-state index in [1.807, 2.05) is 4.90 Å². The summed E-state index contributed by atoms with van der Waals surface area (Å²) in [6.45, 7) is 1.52. The Hall–Kier alpha value is 0.360. The minimum Gasteiger partial charge on any atom is -0.395 e. The highest BCUT2D eigenvalue weighted by Crippen LogP contribution is 1.90. The lowest BCUT2D eigenvalue weighted by Gasteiger charge is -2.15. The van der Waals surface area contributed by atoms with Gasteiger partial charge in [0.15, 0.2) is 0 Å². The molecule has 0 rings (SSSR count). The van der Waals surface area contributed by atoms with Gasteiger partial charge in [-0.2, -0.15) is 0 Å². The zero-order chi connectivity index (χ0) is 7.11. The van der Waals surface area contributed by atoms with Gasteiger partial charge in [-0.1, -0.05) is 15.9 Å². The van der Waals surface area contributed by atoms with Crippen LogP contribution in [0.25, 0.3) is 0 Å². The van der Waals surface area contributed by atoms with Gasteiger partial charge in [-0.05, 0) is 0 Å². The van der Waals surface area contributed by atoms with E-state index in [0.29, 0.717) is 18.5 Å². The van der Waals surface area contributed by atoms with Gasteiger partial charge in [-0.25, -0.2) is 0 Å². The molecule has 0 amide bonds. The normalized spacial score (nSPS) is 10.7. The molecule has 0 saturated heterocycles. The van der Waals surface area contributed by atoms with Gasteiger partial charge in [0.1, 0.15) is 0 Å². The van der Waals surface area contributed by atoms with Crippen molar-refractivity contribution in [1.29, 1.82) is 0 Å². The molecule has 0 atom stereocenters. The molecule has 0 aliphatic carbocycles.